The van der Waals surface area contributed by atoms with Crippen molar-refractivity contribution in [1.29, 1.82) is 0 Å². The molecule has 0 aliphatic carbocycles. The Labute approximate surface area is 172 Å². The van der Waals surface area contributed by atoms with Crippen LogP contribution < -0.4 is 10.1 Å². The van der Waals surface area contributed by atoms with Crippen molar-refractivity contribution in [2.45, 2.75) is 58.6 Å². The molecule has 6 heteroatoms. The predicted octanol–water partition coefficient (Wildman–Crippen LogP) is 4.53. The number of benzene rings is 1. The smallest absolute Gasteiger partial charge is 0.257 e. The van der Waals surface area contributed by atoms with E-state index in [0.717, 1.165) is 38.0 Å². The number of piperidine rings is 1. The van der Waals surface area contributed by atoms with Crippen molar-refractivity contribution in [2.24, 2.45) is 0 Å². The Morgan fingerprint density at radius 2 is 1.90 bits per heavy atom. The van der Waals surface area contributed by atoms with Crippen LogP contribution in [0.3, 0.4) is 0 Å². The molecule has 0 spiro atoms. The summed E-state index contributed by atoms with van der Waals surface area (Å²) in [4.78, 5) is 31.7. The summed E-state index contributed by atoms with van der Waals surface area (Å²) in [5.74, 6) is 0.406. The molecule has 1 N–H and O–H groups in total. The minimum absolute atomic E-state index is 0.0473. The zero-order valence-corrected chi connectivity index (χ0v) is 17.4. The van der Waals surface area contributed by atoms with Crippen LogP contribution in [0, 0.1) is 0 Å². The van der Waals surface area contributed by atoms with Gasteiger partial charge in [0.15, 0.2) is 0 Å². The number of hydrogen-bond acceptors (Lipinski definition) is 4. The summed E-state index contributed by atoms with van der Waals surface area (Å²) in [6, 6.07) is 9.10. The van der Waals surface area contributed by atoms with Gasteiger partial charge in [0.25, 0.3) is 11.8 Å². The number of nitrogens with one attached hydrogen (secondary N) is 1. The Balaban J connectivity index is 1.70. The van der Waals surface area contributed by atoms with Gasteiger partial charge in [0.1, 0.15) is 5.75 Å². The van der Waals surface area contributed by atoms with Gasteiger partial charge >= 0.3 is 0 Å². The molecule has 0 saturated carbocycles. The van der Waals surface area contributed by atoms with Gasteiger partial charge in [0.05, 0.1) is 17.2 Å². The molecule has 1 atom stereocenters. The molecule has 2 heterocycles. The number of ether oxygens (including phenoxy) is 1. The summed E-state index contributed by atoms with van der Waals surface area (Å²) in [5.41, 5.74) is 1.48. The molecule has 154 valence electrons. The summed E-state index contributed by atoms with van der Waals surface area (Å²) in [7, 11) is 0. The second kappa shape index (κ2) is 9.54. The lowest BCUT2D eigenvalue weighted by molar-refractivity contribution is 0.0607. The number of nitrogens with zero attached hydrogens (tertiary/aromatic N) is 2. The zero-order chi connectivity index (χ0) is 20.8. The Morgan fingerprint density at radius 1 is 1.17 bits per heavy atom. The second-order valence-corrected chi connectivity index (χ2v) is 7.66. The predicted molar refractivity (Wildman–Crippen MR) is 113 cm³/mol. The van der Waals surface area contributed by atoms with E-state index in [9.17, 15) is 9.59 Å². The standard InChI is InChI=1S/C23H29N3O3/c1-4-20-7-5-6-12-26(20)23(28)18-13-17(14-24-15-18)22(27)25-19-8-10-21(11-9-19)29-16(2)3/h8-11,13-16,20H,4-7,12H2,1-3H3,(H,25,27). The van der Waals surface area contributed by atoms with Crippen LogP contribution in [0.1, 0.15) is 67.2 Å². The van der Waals surface area contributed by atoms with Crippen molar-refractivity contribution < 1.29 is 14.3 Å². The number of rotatable bonds is 6. The van der Waals surface area contributed by atoms with Crippen molar-refractivity contribution in [1.82, 2.24) is 9.88 Å². The van der Waals surface area contributed by atoms with Crippen LogP contribution in [0.2, 0.25) is 0 Å². The first kappa shape index (κ1) is 20.8. The van der Waals surface area contributed by atoms with Gasteiger partial charge in [-0.2, -0.15) is 0 Å². The summed E-state index contributed by atoms with van der Waals surface area (Å²) in [5, 5.41) is 2.84. The van der Waals surface area contributed by atoms with Gasteiger partial charge in [-0.25, -0.2) is 0 Å². The van der Waals surface area contributed by atoms with Crippen LogP contribution in [-0.4, -0.2) is 40.4 Å². The summed E-state index contributed by atoms with van der Waals surface area (Å²) in [6.07, 6.45) is 7.27. The fraction of sp³-hybridized carbons (Fsp3) is 0.435. The van der Waals surface area contributed by atoms with E-state index >= 15 is 0 Å². The lowest BCUT2D eigenvalue weighted by Gasteiger charge is -2.35. The lowest BCUT2D eigenvalue weighted by atomic mass is 9.99. The van der Waals surface area contributed by atoms with Gasteiger partial charge in [-0.3, -0.25) is 14.6 Å². The summed E-state index contributed by atoms with van der Waals surface area (Å²) >= 11 is 0. The second-order valence-electron chi connectivity index (χ2n) is 7.66. The third-order valence-electron chi connectivity index (χ3n) is 5.09. The highest BCUT2D eigenvalue weighted by Gasteiger charge is 2.26. The highest BCUT2D eigenvalue weighted by molar-refractivity contribution is 6.05. The lowest BCUT2D eigenvalue weighted by Crippen LogP contribution is -2.43. The van der Waals surface area contributed by atoms with Crippen molar-refractivity contribution >= 4 is 17.5 Å². The molecule has 2 aromatic rings. The van der Waals surface area contributed by atoms with Crippen LogP contribution >= 0.6 is 0 Å². The molecule has 0 radical (unpaired) electrons. The van der Waals surface area contributed by atoms with Crippen molar-refractivity contribution in [3.05, 3.63) is 53.9 Å². The molecule has 29 heavy (non-hydrogen) atoms. The van der Waals surface area contributed by atoms with Gasteiger partial charge in [-0.05, 0) is 69.9 Å². The quantitative estimate of drug-likeness (QED) is 0.780. The molecule has 1 unspecified atom stereocenters. The molecule has 2 amide bonds. The SMILES string of the molecule is CCC1CCCCN1C(=O)c1cncc(C(=O)Nc2ccc(OC(C)C)cc2)c1. The van der Waals surface area contributed by atoms with Crippen LogP contribution in [-0.2, 0) is 0 Å². The number of hydrogen-bond donors (Lipinski definition) is 1. The minimum atomic E-state index is -0.296. The maximum Gasteiger partial charge on any atom is 0.257 e. The Hall–Kier alpha value is -2.89. The van der Waals surface area contributed by atoms with E-state index in [4.69, 9.17) is 4.74 Å². The Morgan fingerprint density at radius 3 is 2.59 bits per heavy atom. The van der Waals surface area contributed by atoms with Gasteiger partial charge in [-0.1, -0.05) is 6.92 Å². The molecule has 1 aliphatic rings. The fourth-order valence-corrected chi connectivity index (χ4v) is 3.63. The topological polar surface area (TPSA) is 71.5 Å². The van der Waals surface area contributed by atoms with Crippen molar-refractivity contribution in [3.63, 3.8) is 0 Å². The van der Waals surface area contributed by atoms with Gasteiger partial charge in [0, 0.05) is 30.7 Å². The van der Waals surface area contributed by atoms with Crippen molar-refractivity contribution in [2.75, 3.05) is 11.9 Å². The van der Waals surface area contributed by atoms with Crippen LogP contribution in [0.25, 0.3) is 0 Å². The number of aromatic nitrogens is 1. The molecule has 1 aromatic carbocycles. The number of pyridine rings is 1. The third kappa shape index (κ3) is 5.34. The van der Waals surface area contributed by atoms with E-state index in [1.807, 2.05) is 30.9 Å². The zero-order valence-electron chi connectivity index (χ0n) is 17.4. The molecule has 1 aromatic heterocycles. The van der Waals surface area contributed by atoms with E-state index in [1.165, 1.54) is 6.20 Å². The van der Waals surface area contributed by atoms with E-state index in [0.29, 0.717) is 16.8 Å². The first-order valence-electron chi connectivity index (χ1n) is 10.3. The molecule has 6 nitrogen and oxygen atoms in total. The summed E-state index contributed by atoms with van der Waals surface area (Å²) < 4.78 is 5.61. The first-order valence-corrected chi connectivity index (χ1v) is 10.3. The number of anilines is 1. The van der Waals surface area contributed by atoms with Gasteiger partial charge < -0.3 is 15.0 Å². The molecule has 3 rings (SSSR count). The summed E-state index contributed by atoms with van der Waals surface area (Å²) in [6.45, 7) is 6.79. The molecule has 1 fully saturated rings. The maximum absolute atomic E-state index is 13.0. The molecule has 1 aliphatic heterocycles. The average Bonchev–Trinajstić information content (AvgIpc) is 2.74. The minimum Gasteiger partial charge on any atom is -0.491 e. The van der Waals surface area contributed by atoms with E-state index in [2.05, 4.69) is 17.2 Å². The molecule has 1 saturated heterocycles. The normalized spacial score (nSPS) is 16.6. The highest BCUT2D eigenvalue weighted by Crippen LogP contribution is 2.22. The number of likely N-dealkylation sites (tertiary alicyclic amines) is 1. The third-order valence-corrected chi connectivity index (χ3v) is 5.09. The van der Waals surface area contributed by atoms with Crippen molar-refractivity contribution in [3.8, 4) is 5.75 Å². The monoisotopic (exact) mass is 395 g/mol. The van der Waals surface area contributed by atoms with E-state index < -0.39 is 0 Å². The number of carbonyl (C=O) groups excluding carboxylic acids is 2. The van der Waals surface area contributed by atoms with Gasteiger partial charge in [0.2, 0.25) is 0 Å². The molecular weight excluding hydrogens is 366 g/mol. The van der Waals surface area contributed by atoms with E-state index in [-0.39, 0.29) is 24.0 Å². The molecule has 0 bridgehead atoms. The van der Waals surface area contributed by atoms with Crippen LogP contribution in [0.4, 0.5) is 5.69 Å². The largest absolute Gasteiger partial charge is 0.491 e. The number of carbonyl (C=O) groups is 2. The maximum atomic E-state index is 13.0. The van der Waals surface area contributed by atoms with Gasteiger partial charge in [-0.15, -0.1) is 0 Å². The number of amides is 2. The first-order chi connectivity index (χ1) is 14.0. The highest BCUT2D eigenvalue weighted by atomic mass is 16.5. The van der Waals surface area contributed by atoms with Crippen LogP contribution in [0.5, 0.6) is 5.75 Å². The van der Waals surface area contributed by atoms with E-state index in [1.54, 1.807) is 24.4 Å². The Kier molecular flexibility index (Phi) is 6.86. The Bertz CT molecular complexity index is 849. The average molecular weight is 396 g/mol. The fourth-order valence-electron chi connectivity index (χ4n) is 3.63. The van der Waals surface area contributed by atoms with Crippen LogP contribution in [0.15, 0.2) is 42.7 Å². The molecular formula is C23H29N3O3.